The molecule has 1 amide bonds. The molecule has 0 spiro atoms. The standard InChI is InChI=1S/C13H13F5N2O2/c14-12(15)5-9(12)4-10(21)20-6-8-1-2-19-11(3-8)22-7-13(16,17)18/h1-3,9H,4-7H2,(H,20,21). The summed E-state index contributed by atoms with van der Waals surface area (Å²) < 4.78 is 65.8. The molecule has 0 aromatic carbocycles. The number of amides is 1. The molecule has 22 heavy (non-hydrogen) atoms. The first-order valence-electron chi connectivity index (χ1n) is 6.45. The maximum atomic E-state index is 12.7. The number of hydrogen-bond acceptors (Lipinski definition) is 3. The van der Waals surface area contributed by atoms with Gasteiger partial charge < -0.3 is 10.1 Å². The highest BCUT2D eigenvalue weighted by Gasteiger charge is 2.57. The molecule has 0 radical (unpaired) electrons. The Balaban J connectivity index is 1.79. The first-order chi connectivity index (χ1) is 10.2. The number of carbonyl (C=O) groups excluding carboxylic acids is 1. The summed E-state index contributed by atoms with van der Waals surface area (Å²) in [5.41, 5.74) is 0.461. The van der Waals surface area contributed by atoms with Crippen LogP contribution >= 0.6 is 0 Å². The molecule has 1 atom stereocenters. The number of halogens is 5. The first kappa shape index (κ1) is 16.4. The molecule has 9 heteroatoms. The molecule has 1 aliphatic rings. The molecule has 1 aromatic heterocycles. The molecular formula is C13H13F5N2O2. The summed E-state index contributed by atoms with van der Waals surface area (Å²) >= 11 is 0. The summed E-state index contributed by atoms with van der Waals surface area (Å²) in [5, 5.41) is 2.43. The minimum atomic E-state index is -4.47. The van der Waals surface area contributed by atoms with Crippen LogP contribution in [0, 0.1) is 5.92 Å². The van der Waals surface area contributed by atoms with Crippen molar-refractivity contribution >= 4 is 5.91 Å². The predicted molar refractivity (Wildman–Crippen MR) is 65.3 cm³/mol. The maximum Gasteiger partial charge on any atom is 0.422 e. The van der Waals surface area contributed by atoms with Crippen LogP contribution in [0.25, 0.3) is 0 Å². The largest absolute Gasteiger partial charge is 0.468 e. The van der Waals surface area contributed by atoms with Crippen LogP contribution in [0.15, 0.2) is 18.3 Å². The fourth-order valence-corrected chi connectivity index (χ4v) is 1.78. The molecule has 0 bridgehead atoms. The van der Waals surface area contributed by atoms with Gasteiger partial charge in [0.05, 0.1) is 0 Å². The second kappa shape index (κ2) is 6.05. The van der Waals surface area contributed by atoms with E-state index in [1.165, 1.54) is 18.3 Å². The van der Waals surface area contributed by atoms with E-state index in [1.54, 1.807) is 0 Å². The third-order valence-electron chi connectivity index (χ3n) is 3.06. The quantitative estimate of drug-likeness (QED) is 0.819. The average molecular weight is 324 g/mol. The van der Waals surface area contributed by atoms with Crippen molar-refractivity contribution < 1.29 is 31.5 Å². The topological polar surface area (TPSA) is 51.2 Å². The molecule has 122 valence electrons. The van der Waals surface area contributed by atoms with Crippen molar-refractivity contribution in [1.29, 1.82) is 0 Å². The number of ether oxygens (including phenoxy) is 1. The molecule has 1 fully saturated rings. The Hall–Kier alpha value is -1.93. The number of nitrogens with one attached hydrogen (secondary N) is 1. The van der Waals surface area contributed by atoms with E-state index >= 15 is 0 Å². The predicted octanol–water partition coefficient (Wildman–Crippen LogP) is 2.68. The summed E-state index contributed by atoms with van der Waals surface area (Å²) in [6.45, 7) is -1.46. The summed E-state index contributed by atoms with van der Waals surface area (Å²) in [7, 11) is 0. The normalized spacial score (nSPS) is 19.6. The van der Waals surface area contributed by atoms with Gasteiger partial charge >= 0.3 is 6.18 Å². The Bertz CT molecular complexity index is 547. The van der Waals surface area contributed by atoms with Gasteiger partial charge in [0.1, 0.15) is 0 Å². The number of rotatable bonds is 6. The number of aromatic nitrogens is 1. The third-order valence-corrected chi connectivity index (χ3v) is 3.06. The van der Waals surface area contributed by atoms with Gasteiger partial charge in [-0.3, -0.25) is 4.79 Å². The van der Waals surface area contributed by atoms with Gasteiger partial charge in [-0.15, -0.1) is 0 Å². The molecule has 1 aromatic rings. The SMILES string of the molecule is O=C(CC1CC1(F)F)NCc1ccnc(OCC(F)(F)F)c1. The van der Waals surface area contributed by atoms with Crippen LogP contribution in [-0.4, -0.2) is 29.6 Å². The van der Waals surface area contributed by atoms with Gasteiger partial charge in [-0.2, -0.15) is 13.2 Å². The van der Waals surface area contributed by atoms with Gasteiger partial charge in [-0.05, 0) is 11.6 Å². The van der Waals surface area contributed by atoms with Gasteiger partial charge in [0.25, 0.3) is 5.92 Å². The number of pyridine rings is 1. The molecule has 1 N–H and O–H groups in total. The van der Waals surface area contributed by atoms with E-state index in [2.05, 4.69) is 15.0 Å². The van der Waals surface area contributed by atoms with Crippen molar-refractivity contribution in [2.75, 3.05) is 6.61 Å². The van der Waals surface area contributed by atoms with E-state index in [-0.39, 0.29) is 25.3 Å². The van der Waals surface area contributed by atoms with Gasteiger partial charge in [-0.1, -0.05) is 0 Å². The van der Waals surface area contributed by atoms with E-state index < -0.39 is 30.5 Å². The molecule has 4 nitrogen and oxygen atoms in total. The molecule has 0 saturated heterocycles. The van der Waals surface area contributed by atoms with Crippen molar-refractivity contribution in [2.45, 2.75) is 31.5 Å². The molecule has 1 saturated carbocycles. The fourth-order valence-electron chi connectivity index (χ4n) is 1.78. The Morgan fingerprint density at radius 2 is 2.14 bits per heavy atom. The summed E-state index contributed by atoms with van der Waals surface area (Å²) in [6, 6.07) is 2.73. The van der Waals surface area contributed by atoms with Crippen molar-refractivity contribution in [3.8, 4) is 5.88 Å². The van der Waals surface area contributed by atoms with Crippen LogP contribution in [-0.2, 0) is 11.3 Å². The van der Waals surface area contributed by atoms with Crippen LogP contribution in [0.1, 0.15) is 18.4 Å². The highest BCUT2D eigenvalue weighted by Crippen LogP contribution is 2.50. The van der Waals surface area contributed by atoms with Gasteiger partial charge in [0, 0.05) is 37.6 Å². The van der Waals surface area contributed by atoms with E-state index in [9.17, 15) is 26.7 Å². The lowest BCUT2D eigenvalue weighted by Gasteiger charge is -2.10. The highest BCUT2D eigenvalue weighted by molar-refractivity contribution is 5.76. The number of nitrogens with zero attached hydrogens (tertiary/aromatic N) is 1. The smallest absolute Gasteiger partial charge is 0.422 e. The van der Waals surface area contributed by atoms with Crippen molar-refractivity contribution in [3.63, 3.8) is 0 Å². The van der Waals surface area contributed by atoms with Crippen LogP contribution < -0.4 is 10.1 Å². The van der Waals surface area contributed by atoms with Gasteiger partial charge in [0.2, 0.25) is 11.8 Å². The number of hydrogen-bond donors (Lipinski definition) is 1. The van der Waals surface area contributed by atoms with Crippen molar-refractivity contribution in [3.05, 3.63) is 23.9 Å². The minimum Gasteiger partial charge on any atom is -0.468 e. The lowest BCUT2D eigenvalue weighted by molar-refractivity contribution is -0.154. The zero-order chi connectivity index (χ0) is 16.4. The third kappa shape index (κ3) is 5.12. The van der Waals surface area contributed by atoms with Crippen LogP contribution in [0.4, 0.5) is 22.0 Å². The van der Waals surface area contributed by atoms with Crippen LogP contribution in [0.3, 0.4) is 0 Å². The second-order valence-corrected chi connectivity index (χ2v) is 5.05. The summed E-state index contributed by atoms with van der Waals surface area (Å²) in [5.74, 6) is -4.43. The minimum absolute atomic E-state index is 0.00201. The average Bonchev–Trinajstić information content (AvgIpc) is 3.01. The Morgan fingerprint density at radius 3 is 2.73 bits per heavy atom. The van der Waals surface area contributed by atoms with E-state index in [1.807, 2.05) is 0 Å². The molecule has 1 aliphatic carbocycles. The zero-order valence-corrected chi connectivity index (χ0v) is 11.3. The van der Waals surface area contributed by atoms with Crippen LogP contribution in [0.5, 0.6) is 5.88 Å². The lowest BCUT2D eigenvalue weighted by atomic mass is 10.2. The Labute approximate surface area is 122 Å². The van der Waals surface area contributed by atoms with Gasteiger partial charge in [0.15, 0.2) is 6.61 Å². The Kier molecular flexibility index (Phi) is 4.52. The number of carbonyl (C=O) groups is 1. The number of alkyl halides is 5. The monoisotopic (exact) mass is 324 g/mol. The summed E-state index contributed by atoms with van der Waals surface area (Å²) in [6.07, 6.45) is -3.79. The van der Waals surface area contributed by atoms with E-state index in [0.29, 0.717) is 5.56 Å². The first-order valence-corrected chi connectivity index (χ1v) is 6.45. The fraction of sp³-hybridized carbons (Fsp3) is 0.538. The summed E-state index contributed by atoms with van der Waals surface area (Å²) in [4.78, 5) is 15.1. The van der Waals surface area contributed by atoms with E-state index in [0.717, 1.165) is 0 Å². The van der Waals surface area contributed by atoms with E-state index in [4.69, 9.17) is 0 Å². The molecule has 1 heterocycles. The molecular weight excluding hydrogens is 311 g/mol. The van der Waals surface area contributed by atoms with Crippen LogP contribution in [0.2, 0.25) is 0 Å². The highest BCUT2D eigenvalue weighted by atomic mass is 19.4. The zero-order valence-electron chi connectivity index (χ0n) is 11.3. The molecule has 0 aliphatic heterocycles. The lowest BCUT2D eigenvalue weighted by Crippen LogP contribution is -2.24. The maximum absolute atomic E-state index is 12.7. The molecule has 2 rings (SSSR count). The molecule has 1 unspecified atom stereocenters. The Morgan fingerprint density at radius 1 is 1.45 bits per heavy atom. The second-order valence-electron chi connectivity index (χ2n) is 5.05. The van der Waals surface area contributed by atoms with Gasteiger partial charge in [-0.25, -0.2) is 13.8 Å². The van der Waals surface area contributed by atoms with Crippen molar-refractivity contribution in [2.24, 2.45) is 5.92 Å². The van der Waals surface area contributed by atoms with Crippen molar-refractivity contribution in [1.82, 2.24) is 10.3 Å².